The molecular formula is C69H134O6. The molecule has 0 saturated heterocycles. The predicted octanol–water partition coefficient (Wildman–Crippen LogP) is 23.0. The number of esters is 3. The van der Waals surface area contributed by atoms with E-state index in [2.05, 4.69) is 41.5 Å². The monoisotopic (exact) mass is 1060 g/mol. The molecule has 0 aromatic carbocycles. The van der Waals surface area contributed by atoms with Gasteiger partial charge in [0.25, 0.3) is 0 Å². The van der Waals surface area contributed by atoms with E-state index in [9.17, 15) is 14.4 Å². The molecule has 0 spiro atoms. The summed E-state index contributed by atoms with van der Waals surface area (Å²) in [6, 6.07) is 0. The summed E-state index contributed by atoms with van der Waals surface area (Å²) < 4.78 is 17.0. The summed E-state index contributed by atoms with van der Waals surface area (Å²) in [6.07, 6.45) is 66.8. The lowest BCUT2D eigenvalue weighted by Crippen LogP contribution is -2.30. The minimum absolute atomic E-state index is 0.0620. The molecule has 0 aliphatic heterocycles. The standard InChI is InChI=1S/C69H134O6/c1-7-65(6)57-51-45-39-33-27-21-15-10-8-9-11-16-22-28-34-40-46-52-58-67(70)73-61-66(62-74-68(71)59-53-47-41-35-29-24-18-20-26-32-38-44-50-56-64(4)5)75-69(72)60-54-48-42-36-30-23-17-13-12-14-19-25-31-37-43-49-55-63(2)3/h63-66H,7-62H2,1-6H3/t65?,66-/m0/s1. The lowest BCUT2D eigenvalue weighted by Gasteiger charge is -2.18. The molecule has 6 nitrogen and oxygen atoms in total. The average Bonchev–Trinajstić information content (AvgIpc) is 3.39. The number of rotatable bonds is 62. The molecule has 0 heterocycles. The molecule has 0 saturated carbocycles. The van der Waals surface area contributed by atoms with Gasteiger partial charge >= 0.3 is 17.9 Å². The minimum atomic E-state index is -0.765. The Morgan fingerprint density at radius 1 is 0.267 bits per heavy atom. The third kappa shape index (κ3) is 61.5. The molecule has 0 N–H and O–H groups in total. The van der Waals surface area contributed by atoms with Crippen LogP contribution in [0.2, 0.25) is 0 Å². The van der Waals surface area contributed by atoms with Crippen molar-refractivity contribution in [2.75, 3.05) is 13.2 Å². The highest BCUT2D eigenvalue weighted by atomic mass is 16.6. The third-order valence-corrected chi connectivity index (χ3v) is 16.3. The van der Waals surface area contributed by atoms with Crippen LogP contribution in [-0.4, -0.2) is 37.2 Å². The van der Waals surface area contributed by atoms with Gasteiger partial charge in [0.05, 0.1) is 0 Å². The fraction of sp³-hybridized carbons (Fsp3) is 0.957. The first kappa shape index (κ1) is 73.4. The van der Waals surface area contributed by atoms with Gasteiger partial charge in [-0.05, 0) is 37.0 Å². The maximum Gasteiger partial charge on any atom is 0.306 e. The van der Waals surface area contributed by atoms with Gasteiger partial charge in [-0.15, -0.1) is 0 Å². The first-order valence-electron chi connectivity index (χ1n) is 34.1. The van der Waals surface area contributed by atoms with E-state index in [-0.39, 0.29) is 31.1 Å². The third-order valence-electron chi connectivity index (χ3n) is 16.3. The van der Waals surface area contributed by atoms with Crippen LogP contribution in [0.15, 0.2) is 0 Å². The molecular weight excluding hydrogens is 925 g/mol. The number of hydrogen-bond acceptors (Lipinski definition) is 6. The Morgan fingerprint density at radius 2 is 0.467 bits per heavy atom. The molecule has 2 atom stereocenters. The van der Waals surface area contributed by atoms with Crippen LogP contribution < -0.4 is 0 Å². The van der Waals surface area contributed by atoms with Crippen LogP contribution in [0.3, 0.4) is 0 Å². The number of carbonyl (C=O) groups excluding carboxylic acids is 3. The van der Waals surface area contributed by atoms with Gasteiger partial charge in [0.2, 0.25) is 0 Å². The molecule has 6 heteroatoms. The molecule has 0 amide bonds. The van der Waals surface area contributed by atoms with Crippen molar-refractivity contribution in [3.8, 4) is 0 Å². The highest BCUT2D eigenvalue weighted by Gasteiger charge is 2.20. The number of hydrogen-bond donors (Lipinski definition) is 0. The molecule has 0 rings (SSSR count). The molecule has 0 aliphatic carbocycles. The van der Waals surface area contributed by atoms with E-state index in [1.807, 2.05) is 0 Å². The Morgan fingerprint density at radius 3 is 0.693 bits per heavy atom. The number of carbonyl (C=O) groups is 3. The number of unbranched alkanes of at least 4 members (excludes halogenated alkanes) is 44. The zero-order chi connectivity index (χ0) is 54.8. The van der Waals surface area contributed by atoms with Crippen molar-refractivity contribution in [2.24, 2.45) is 17.8 Å². The van der Waals surface area contributed by atoms with Crippen LogP contribution >= 0.6 is 0 Å². The Kier molecular flexibility index (Phi) is 58.8. The first-order chi connectivity index (χ1) is 36.6. The van der Waals surface area contributed by atoms with E-state index >= 15 is 0 Å². The van der Waals surface area contributed by atoms with Gasteiger partial charge in [0.1, 0.15) is 13.2 Å². The predicted molar refractivity (Wildman–Crippen MR) is 326 cm³/mol. The van der Waals surface area contributed by atoms with Crippen molar-refractivity contribution < 1.29 is 28.6 Å². The molecule has 0 aliphatic rings. The lowest BCUT2D eigenvalue weighted by molar-refractivity contribution is -0.167. The van der Waals surface area contributed by atoms with Crippen LogP contribution in [-0.2, 0) is 28.6 Å². The minimum Gasteiger partial charge on any atom is -0.462 e. The fourth-order valence-electron chi connectivity index (χ4n) is 10.7. The Labute approximate surface area is 469 Å². The maximum atomic E-state index is 12.9. The molecule has 0 aromatic rings. The maximum absolute atomic E-state index is 12.9. The second-order valence-electron chi connectivity index (χ2n) is 25.0. The summed E-state index contributed by atoms with van der Waals surface area (Å²) in [6.45, 7) is 13.9. The normalized spacial score (nSPS) is 12.5. The van der Waals surface area contributed by atoms with Crippen LogP contribution in [0, 0.1) is 17.8 Å². The second-order valence-corrected chi connectivity index (χ2v) is 25.0. The SMILES string of the molecule is CCC(C)CCCCCCCCCCCCCCCCCCCCC(=O)OC[C@@H](COC(=O)CCCCCCCCCCCCCCCC(C)C)OC(=O)CCCCCCCCCCCCCCCCCCC(C)C. The second kappa shape index (κ2) is 60.1. The van der Waals surface area contributed by atoms with E-state index in [1.165, 1.54) is 270 Å². The zero-order valence-electron chi connectivity index (χ0n) is 51.9. The highest BCUT2D eigenvalue weighted by Crippen LogP contribution is 2.20. The fourth-order valence-corrected chi connectivity index (χ4v) is 10.7. The zero-order valence-corrected chi connectivity index (χ0v) is 51.9. The van der Waals surface area contributed by atoms with Crippen LogP contribution in [0.1, 0.15) is 388 Å². The van der Waals surface area contributed by atoms with Crippen molar-refractivity contribution in [1.29, 1.82) is 0 Å². The van der Waals surface area contributed by atoms with Crippen molar-refractivity contribution in [3.05, 3.63) is 0 Å². The summed E-state index contributed by atoms with van der Waals surface area (Å²) in [4.78, 5) is 38.4. The van der Waals surface area contributed by atoms with Crippen molar-refractivity contribution in [3.63, 3.8) is 0 Å². The topological polar surface area (TPSA) is 78.9 Å². The smallest absolute Gasteiger partial charge is 0.306 e. The Hall–Kier alpha value is -1.59. The van der Waals surface area contributed by atoms with Crippen molar-refractivity contribution >= 4 is 17.9 Å². The Bertz CT molecular complexity index is 1170. The van der Waals surface area contributed by atoms with Gasteiger partial charge in [-0.1, -0.05) is 350 Å². The first-order valence-corrected chi connectivity index (χ1v) is 34.1. The quantitative estimate of drug-likeness (QED) is 0.0343. The summed E-state index contributed by atoms with van der Waals surface area (Å²) in [5, 5.41) is 0. The highest BCUT2D eigenvalue weighted by molar-refractivity contribution is 5.71. The van der Waals surface area contributed by atoms with Crippen LogP contribution in [0.5, 0.6) is 0 Å². The van der Waals surface area contributed by atoms with E-state index in [4.69, 9.17) is 14.2 Å². The summed E-state index contributed by atoms with van der Waals surface area (Å²) in [5.74, 6) is 1.77. The molecule has 1 unspecified atom stereocenters. The molecule has 0 bridgehead atoms. The van der Waals surface area contributed by atoms with Gasteiger partial charge in [0, 0.05) is 19.3 Å². The van der Waals surface area contributed by atoms with Crippen molar-refractivity contribution in [2.45, 2.75) is 394 Å². The van der Waals surface area contributed by atoms with Crippen LogP contribution in [0.4, 0.5) is 0 Å². The van der Waals surface area contributed by atoms with Crippen molar-refractivity contribution in [1.82, 2.24) is 0 Å². The molecule has 75 heavy (non-hydrogen) atoms. The Balaban J connectivity index is 4.27. The largest absolute Gasteiger partial charge is 0.462 e. The summed E-state index contributed by atoms with van der Waals surface area (Å²) in [7, 11) is 0. The number of ether oxygens (including phenoxy) is 3. The average molecular weight is 1060 g/mol. The molecule has 0 radical (unpaired) electrons. The van der Waals surface area contributed by atoms with Gasteiger partial charge in [-0.25, -0.2) is 0 Å². The van der Waals surface area contributed by atoms with Gasteiger partial charge in [-0.3, -0.25) is 14.4 Å². The molecule has 0 fully saturated rings. The molecule has 446 valence electrons. The lowest BCUT2D eigenvalue weighted by atomic mass is 9.99. The van der Waals surface area contributed by atoms with E-state index in [1.54, 1.807) is 0 Å². The molecule has 0 aromatic heterocycles. The van der Waals surface area contributed by atoms with Gasteiger partial charge < -0.3 is 14.2 Å². The summed E-state index contributed by atoms with van der Waals surface area (Å²) >= 11 is 0. The van der Waals surface area contributed by atoms with E-state index < -0.39 is 6.10 Å². The van der Waals surface area contributed by atoms with E-state index in [0.717, 1.165) is 75.5 Å². The summed E-state index contributed by atoms with van der Waals surface area (Å²) in [5.41, 5.74) is 0. The van der Waals surface area contributed by atoms with Gasteiger partial charge in [0.15, 0.2) is 6.10 Å². The van der Waals surface area contributed by atoms with Gasteiger partial charge in [-0.2, -0.15) is 0 Å². The van der Waals surface area contributed by atoms with Crippen LogP contribution in [0.25, 0.3) is 0 Å². The van der Waals surface area contributed by atoms with E-state index in [0.29, 0.717) is 19.3 Å².